The molecule has 3 heteroatoms. The van der Waals surface area contributed by atoms with E-state index in [-0.39, 0.29) is 0 Å². The molecule has 0 bridgehead atoms. The lowest BCUT2D eigenvalue weighted by Crippen LogP contribution is -2.20. The lowest BCUT2D eigenvalue weighted by Gasteiger charge is -2.22. The van der Waals surface area contributed by atoms with Gasteiger partial charge >= 0.3 is 5.97 Å². The Morgan fingerprint density at radius 1 is 1.42 bits per heavy atom. The van der Waals surface area contributed by atoms with Gasteiger partial charge in [0.25, 0.3) is 0 Å². The first-order valence-electron chi connectivity index (χ1n) is 6.63. The number of carboxylic acids is 1. The van der Waals surface area contributed by atoms with E-state index in [2.05, 4.69) is 38.8 Å². The van der Waals surface area contributed by atoms with Gasteiger partial charge in [0.05, 0.1) is 0 Å². The Balaban J connectivity index is 2.79. The number of aryl methyl sites for hydroxylation is 1. The van der Waals surface area contributed by atoms with E-state index >= 15 is 0 Å². The predicted octanol–water partition coefficient (Wildman–Crippen LogP) is 3.58. The highest BCUT2D eigenvalue weighted by atomic mass is 16.4. The molecule has 0 unspecified atom stereocenters. The van der Waals surface area contributed by atoms with Gasteiger partial charge in [-0.15, -0.1) is 0 Å². The summed E-state index contributed by atoms with van der Waals surface area (Å²) in [4.78, 5) is 12.7. The van der Waals surface area contributed by atoms with Crippen molar-refractivity contribution in [2.45, 2.75) is 27.2 Å². The summed E-state index contributed by atoms with van der Waals surface area (Å²) in [5.41, 5.74) is 3.29. The van der Waals surface area contributed by atoms with Crippen molar-refractivity contribution in [1.29, 1.82) is 0 Å². The minimum absolute atomic E-state index is 0.695. The third kappa shape index (κ3) is 5.16. The molecule has 1 rings (SSSR count). The van der Waals surface area contributed by atoms with Crippen LogP contribution in [0.3, 0.4) is 0 Å². The molecule has 1 aromatic carbocycles. The zero-order valence-corrected chi connectivity index (χ0v) is 12.2. The highest BCUT2D eigenvalue weighted by Gasteiger charge is 2.05. The Bertz CT molecular complexity index is 464. The molecule has 0 saturated carbocycles. The van der Waals surface area contributed by atoms with Crippen molar-refractivity contribution in [2.24, 2.45) is 5.92 Å². The average Bonchev–Trinajstić information content (AvgIpc) is 2.33. The van der Waals surface area contributed by atoms with Gasteiger partial charge in [-0.05, 0) is 48.6 Å². The van der Waals surface area contributed by atoms with Crippen LogP contribution in [0.4, 0.5) is 5.69 Å². The summed E-state index contributed by atoms with van der Waals surface area (Å²) in [7, 11) is 2.09. The van der Waals surface area contributed by atoms with E-state index < -0.39 is 5.97 Å². The standard InChI is InChI=1S/C16H23NO2/c1-12(2)9-10-17(4)15-7-5-14(11-13(15)3)6-8-16(18)19/h5-8,11-12H,9-10H2,1-4H3,(H,18,19)/b8-6+. The van der Waals surface area contributed by atoms with Crippen molar-refractivity contribution in [3.63, 3.8) is 0 Å². The molecule has 104 valence electrons. The molecule has 0 atom stereocenters. The molecule has 0 spiro atoms. The van der Waals surface area contributed by atoms with E-state index in [0.717, 1.165) is 24.6 Å². The van der Waals surface area contributed by atoms with Crippen molar-refractivity contribution >= 4 is 17.7 Å². The summed E-state index contributed by atoms with van der Waals surface area (Å²) >= 11 is 0. The van der Waals surface area contributed by atoms with Gasteiger partial charge in [-0.1, -0.05) is 19.9 Å². The maximum absolute atomic E-state index is 10.5. The number of carboxylic acid groups (broad SMARTS) is 1. The molecule has 0 amide bonds. The van der Waals surface area contributed by atoms with Crippen LogP contribution in [0, 0.1) is 12.8 Å². The number of aliphatic carboxylic acids is 1. The van der Waals surface area contributed by atoms with Gasteiger partial charge in [0.15, 0.2) is 0 Å². The Hall–Kier alpha value is -1.77. The molecule has 0 aliphatic carbocycles. The van der Waals surface area contributed by atoms with Crippen LogP contribution >= 0.6 is 0 Å². The van der Waals surface area contributed by atoms with Gasteiger partial charge in [-0.25, -0.2) is 4.79 Å². The normalized spacial score (nSPS) is 11.2. The highest BCUT2D eigenvalue weighted by Crippen LogP contribution is 2.21. The van der Waals surface area contributed by atoms with Crippen LogP contribution in [0.15, 0.2) is 24.3 Å². The first-order chi connectivity index (χ1) is 8.90. The fraction of sp³-hybridized carbons (Fsp3) is 0.438. The molecule has 0 aromatic heterocycles. The Labute approximate surface area is 115 Å². The van der Waals surface area contributed by atoms with Crippen molar-refractivity contribution in [1.82, 2.24) is 0 Å². The predicted molar refractivity (Wildman–Crippen MR) is 80.6 cm³/mol. The number of rotatable bonds is 6. The number of carbonyl (C=O) groups is 1. The lowest BCUT2D eigenvalue weighted by molar-refractivity contribution is -0.131. The van der Waals surface area contributed by atoms with Crippen LogP contribution in [0.1, 0.15) is 31.4 Å². The molecule has 0 radical (unpaired) electrons. The van der Waals surface area contributed by atoms with Crippen LogP contribution in [-0.4, -0.2) is 24.7 Å². The van der Waals surface area contributed by atoms with Crippen LogP contribution in [0.25, 0.3) is 6.08 Å². The second-order valence-electron chi connectivity index (χ2n) is 5.32. The van der Waals surface area contributed by atoms with Gasteiger partial charge in [0.1, 0.15) is 0 Å². The van der Waals surface area contributed by atoms with E-state index in [4.69, 9.17) is 5.11 Å². The third-order valence-electron chi connectivity index (χ3n) is 3.09. The maximum Gasteiger partial charge on any atom is 0.328 e. The molecule has 19 heavy (non-hydrogen) atoms. The van der Waals surface area contributed by atoms with Crippen molar-refractivity contribution in [3.05, 3.63) is 35.4 Å². The van der Waals surface area contributed by atoms with Crippen molar-refractivity contribution in [3.8, 4) is 0 Å². The van der Waals surface area contributed by atoms with Crippen molar-refractivity contribution < 1.29 is 9.90 Å². The van der Waals surface area contributed by atoms with Crippen LogP contribution in [0.5, 0.6) is 0 Å². The van der Waals surface area contributed by atoms with E-state index in [1.165, 1.54) is 11.3 Å². The summed E-state index contributed by atoms with van der Waals surface area (Å²) in [6.45, 7) is 7.53. The SMILES string of the molecule is Cc1cc(/C=C/C(=O)O)ccc1N(C)CCC(C)C. The monoisotopic (exact) mass is 261 g/mol. The van der Waals surface area contributed by atoms with E-state index in [9.17, 15) is 4.79 Å². The minimum Gasteiger partial charge on any atom is -0.478 e. The molecule has 0 saturated heterocycles. The van der Waals surface area contributed by atoms with Gasteiger partial charge in [-0.2, -0.15) is 0 Å². The molecular formula is C16H23NO2. The largest absolute Gasteiger partial charge is 0.478 e. The van der Waals surface area contributed by atoms with Crippen LogP contribution in [0.2, 0.25) is 0 Å². The molecule has 0 aliphatic heterocycles. The fourth-order valence-corrected chi connectivity index (χ4v) is 1.95. The van der Waals surface area contributed by atoms with Gasteiger partial charge < -0.3 is 10.0 Å². The summed E-state index contributed by atoms with van der Waals surface area (Å²) in [6, 6.07) is 6.02. The first-order valence-corrected chi connectivity index (χ1v) is 6.63. The van der Waals surface area contributed by atoms with Gasteiger partial charge in [0.2, 0.25) is 0 Å². The quantitative estimate of drug-likeness (QED) is 0.796. The fourth-order valence-electron chi connectivity index (χ4n) is 1.95. The van der Waals surface area contributed by atoms with Crippen LogP contribution in [-0.2, 0) is 4.79 Å². The zero-order chi connectivity index (χ0) is 14.4. The molecule has 0 heterocycles. The summed E-state index contributed by atoms with van der Waals surface area (Å²) in [6.07, 6.45) is 3.95. The lowest BCUT2D eigenvalue weighted by atomic mass is 10.1. The minimum atomic E-state index is -0.921. The summed E-state index contributed by atoms with van der Waals surface area (Å²) in [5.74, 6) is -0.226. The zero-order valence-electron chi connectivity index (χ0n) is 12.2. The number of hydrogen-bond acceptors (Lipinski definition) is 2. The van der Waals surface area contributed by atoms with Crippen LogP contribution < -0.4 is 4.90 Å². The molecule has 3 nitrogen and oxygen atoms in total. The number of hydrogen-bond donors (Lipinski definition) is 1. The first kappa shape index (κ1) is 15.3. The van der Waals surface area contributed by atoms with Gasteiger partial charge in [0, 0.05) is 25.4 Å². The van der Waals surface area contributed by atoms with Crippen molar-refractivity contribution in [2.75, 3.05) is 18.5 Å². The third-order valence-corrected chi connectivity index (χ3v) is 3.09. The molecule has 0 fully saturated rings. The van der Waals surface area contributed by atoms with E-state index in [0.29, 0.717) is 5.92 Å². The summed E-state index contributed by atoms with van der Waals surface area (Å²) in [5, 5.41) is 8.61. The Morgan fingerprint density at radius 3 is 2.63 bits per heavy atom. The van der Waals surface area contributed by atoms with E-state index in [1.54, 1.807) is 6.08 Å². The average molecular weight is 261 g/mol. The van der Waals surface area contributed by atoms with Gasteiger partial charge in [-0.3, -0.25) is 0 Å². The molecule has 1 N–H and O–H groups in total. The Kier molecular flexibility index (Phi) is 5.61. The number of nitrogens with zero attached hydrogens (tertiary/aromatic N) is 1. The smallest absolute Gasteiger partial charge is 0.328 e. The summed E-state index contributed by atoms with van der Waals surface area (Å²) < 4.78 is 0. The molecular weight excluding hydrogens is 238 g/mol. The second-order valence-corrected chi connectivity index (χ2v) is 5.32. The maximum atomic E-state index is 10.5. The topological polar surface area (TPSA) is 40.5 Å². The number of anilines is 1. The molecule has 1 aromatic rings. The number of benzene rings is 1. The van der Waals surface area contributed by atoms with E-state index in [1.807, 2.05) is 12.1 Å². The second kappa shape index (κ2) is 6.98. The Morgan fingerprint density at radius 2 is 2.11 bits per heavy atom. The highest BCUT2D eigenvalue weighted by molar-refractivity contribution is 5.85. The molecule has 0 aliphatic rings.